The van der Waals surface area contributed by atoms with Crippen molar-refractivity contribution in [2.45, 2.75) is 97.4 Å². The van der Waals surface area contributed by atoms with Gasteiger partial charge in [0.2, 0.25) is 0 Å². The maximum atomic E-state index is 14.3. The Kier molecular flexibility index (Phi) is 7.68. The summed E-state index contributed by atoms with van der Waals surface area (Å²) in [5.41, 5.74) is -2.44. The Hall–Kier alpha value is -2.85. The van der Waals surface area contributed by atoms with Crippen LogP contribution in [0.1, 0.15) is 61.8 Å². The topological polar surface area (TPSA) is 135 Å². The van der Waals surface area contributed by atoms with E-state index in [1.807, 2.05) is 13.8 Å². The summed E-state index contributed by atoms with van der Waals surface area (Å²) in [5, 5.41) is 0. The summed E-state index contributed by atoms with van der Waals surface area (Å²) in [6.07, 6.45) is 0.521. The van der Waals surface area contributed by atoms with E-state index in [4.69, 9.17) is 23.7 Å². The van der Waals surface area contributed by atoms with E-state index in [1.54, 1.807) is 39.8 Å². The second kappa shape index (κ2) is 10.2. The number of ether oxygens (including phenoxy) is 5. The van der Waals surface area contributed by atoms with Crippen molar-refractivity contribution >= 4 is 30.0 Å². The van der Waals surface area contributed by atoms with Crippen LogP contribution in [0.3, 0.4) is 0 Å². The highest BCUT2D eigenvalue weighted by molar-refractivity contribution is 5.97. The fourth-order valence-corrected chi connectivity index (χ4v) is 7.35. The van der Waals surface area contributed by atoms with E-state index in [0.717, 1.165) is 0 Å². The van der Waals surface area contributed by atoms with Crippen molar-refractivity contribution in [3.8, 4) is 0 Å². The standard InChI is InChI=1S/C30H40O10/c1-10-14(2)27(35)39-22-15(3)11-30-26(38-18(6)33)19(13-31)12-29(30,40-30)25(34)16(4)23(37-17(5)32)20-21(24(22)36-9)28(20,7)8/h10-11,13,16,19-24,26H,12H2,1-9H3/b14-10-,15-11-/t16-,19-,20+,21-,22-,23+,24+,26+,29+,30+/m1/s1. The van der Waals surface area contributed by atoms with E-state index in [0.29, 0.717) is 17.4 Å². The lowest BCUT2D eigenvalue weighted by molar-refractivity contribution is -0.154. The third-order valence-corrected chi connectivity index (χ3v) is 9.50. The molecule has 4 rings (SSSR count). The molecule has 40 heavy (non-hydrogen) atoms. The summed E-state index contributed by atoms with van der Waals surface area (Å²) in [5.74, 6) is -4.18. The molecule has 10 atom stereocenters. The fraction of sp³-hybridized carbons (Fsp3) is 0.700. The quantitative estimate of drug-likeness (QED) is 0.119. The van der Waals surface area contributed by atoms with Crippen LogP contribution in [0.2, 0.25) is 0 Å². The minimum Gasteiger partial charge on any atom is -0.461 e. The molecule has 0 unspecified atom stereocenters. The largest absolute Gasteiger partial charge is 0.461 e. The molecule has 0 spiro atoms. The maximum absolute atomic E-state index is 14.3. The van der Waals surface area contributed by atoms with Gasteiger partial charge in [0.15, 0.2) is 17.0 Å². The zero-order valence-corrected chi connectivity index (χ0v) is 24.6. The van der Waals surface area contributed by atoms with Gasteiger partial charge < -0.3 is 28.5 Å². The van der Waals surface area contributed by atoms with Crippen molar-refractivity contribution in [2.75, 3.05) is 7.11 Å². The van der Waals surface area contributed by atoms with Crippen LogP contribution < -0.4 is 0 Å². The predicted molar refractivity (Wildman–Crippen MR) is 141 cm³/mol. The number of ketones is 1. The Morgan fingerprint density at radius 3 is 2.15 bits per heavy atom. The molecule has 4 aliphatic rings. The summed E-state index contributed by atoms with van der Waals surface area (Å²) in [4.78, 5) is 63.9. The van der Waals surface area contributed by atoms with Gasteiger partial charge in [-0.15, -0.1) is 0 Å². The van der Waals surface area contributed by atoms with Crippen LogP contribution >= 0.6 is 0 Å². The zero-order chi connectivity index (χ0) is 29.9. The summed E-state index contributed by atoms with van der Waals surface area (Å²) in [6, 6.07) is 0. The van der Waals surface area contributed by atoms with E-state index in [9.17, 15) is 24.0 Å². The second-order valence-electron chi connectivity index (χ2n) is 12.2. The smallest absolute Gasteiger partial charge is 0.334 e. The Bertz CT molecular complexity index is 1180. The van der Waals surface area contributed by atoms with Crippen molar-refractivity contribution < 1.29 is 47.7 Å². The van der Waals surface area contributed by atoms with Crippen LogP contribution in [0.5, 0.6) is 0 Å². The lowest BCUT2D eigenvalue weighted by Crippen LogP contribution is -2.43. The number of aldehydes is 1. The van der Waals surface area contributed by atoms with Crippen molar-refractivity contribution in [1.29, 1.82) is 0 Å². The first kappa shape index (κ1) is 30.1. The molecule has 2 saturated carbocycles. The number of epoxide rings is 1. The molecule has 0 aromatic heterocycles. The molecule has 10 nitrogen and oxygen atoms in total. The number of esters is 3. The zero-order valence-electron chi connectivity index (χ0n) is 24.6. The number of carbonyl (C=O) groups excluding carboxylic acids is 5. The summed E-state index contributed by atoms with van der Waals surface area (Å²) in [6.45, 7) is 13.4. The molecule has 1 heterocycles. The second-order valence-corrected chi connectivity index (χ2v) is 12.2. The van der Waals surface area contributed by atoms with Crippen LogP contribution in [0.4, 0.5) is 0 Å². The van der Waals surface area contributed by atoms with E-state index >= 15 is 0 Å². The van der Waals surface area contributed by atoms with Gasteiger partial charge >= 0.3 is 17.9 Å². The lowest BCUT2D eigenvalue weighted by Gasteiger charge is -2.30. The van der Waals surface area contributed by atoms with Crippen molar-refractivity contribution in [3.63, 3.8) is 0 Å². The number of methoxy groups -OCH3 is 1. The average Bonchev–Trinajstić information content (AvgIpc) is 3.67. The molecule has 0 aromatic rings. The Labute approximate surface area is 234 Å². The Morgan fingerprint density at radius 2 is 1.62 bits per heavy atom. The fourth-order valence-electron chi connectivity index (χ4n) is 7.35. The molecule has 3 fully saturated rings. The first-order valence-corrected chi connectivity index (χ1v) is 13.7. The molecule has 220 valence electrons. The first-order valence-electron chi connectivity index (χ1n) is 13.7. The SMILES string of the molecule is C/C=C(/C)C(=O)O[C@@H]1/C(C)=C\[C@@]23O[C@@]2(C[C@H](C=O)[C@@H]3OC(C)=O)C(=O)[C@H](C)[C@H](OC(C)=O)[C@@H]2[C@H]([C@@H]1OC)C2(C)C. The van der Waals surface area contributed by atoms with Gasteiger partial charge in [0.1, 0.15) is 30.7 Å². The maximum Gasteiger partial charge on any atom is 0.334 e. The van der Waals surface area contributed by atoms with E-state index in [-0.39, 0.29) is 24.0 Å². The van der Waals surface area contributed by atoms with E-state index < -0.39 is 70.8 Å². The number of allylic oxidation sites excluding steroid dienone is 1. The van der Waals surface area contributed by atoms with Gasteiger partial charge in [-0.25, -0.2) is 4.79 Å². The first-order chi connectivity index (χ1) is 18.6. The Morgan fingerprint density at radius 1 is 1.02 bits per heavy atom. The molecular formula is C30H40O10. The third-order valence-electron chi connectivity index (χ3n) is 9.50. The van der Waals surface area contributed by atoms with Crippen molar-refractivity contribution in [1.82, 2.24) is 0 Å². The van der Waals surface area contributed by atoms with Gasteiger partial charge in [0.25, 0.3) is 0 Å². The highest BCUT2D eigenvalue weighted by Gasteiger charge is 2.84. The van der Waals surface area contributed by atoms with Crippen LogP contribution in [0.25, 0.3) is 0 Å². The van der Waals surface area contributed by atoms with Crippen LogP contribution in [-0.2, 0) is 47.7 Å². The number of Topliss-reactive ketones (excluding diaryl/α,β-unsaturated/α-hetero) is 1. The molecule has 10 heteroatoms. The van der Waals surface area contributed by atoms with Gasteiger partial charge in [-0.2, -0.15) is 0 Å². The molecule has 1 aliphatic heterocycles. The van der Waals surface area contributed by atoms with Gasteiger partial charge in [0.05, 0.1) is 11.8 Å². The van der Waals surface area contributed by atoms with Gasteiger partial charge in [-0.1, -0.05) is 26.8 Å². The number of fused-ring (bicyclic) bond motifs is 1. The highest BCUT2D eigenvalue weighted by Crippen LogP contribution is 2.68. The van der Waals surface area contributed by atoms with Gasteiger partial charge in [-0.3, -0.25) is 14.4 Å². The number of hydrogen-bond donors (Lipinski definition) is 0. The molecule has 0 aromatic carbocycles. The molecule has 0 amide bonds. The molecule has 3 aliphatic carbocycles. The van der Waals surface area contributed by atoms with Gasteiger partial charge in [0, 0.05) is 44.8 Å². The Balaban J connectivity index is 1.94. The normalized spacial score (nSPS) is 43.0. The van der Waals surface area contributed by atoms with Gasteiger partial charge in [-0.05, 0) is 37.8 Å². The van der Waals surface area contributed by atoms with Crippen LogP contribution in [0, 0.1) is 29.1 Å². The highest BCUT2D eigenvalue weighted by atomic mass is 16.7. The monoisotopic (exact) mass is 560 g/mol. The number of carbonyl (C=O) groups is 5. The third kappa shape index (κ3) is 4.43. The van der Waals surface area contributed by atoms with E-state index in [1.165, 1.54) is 21.0 Å². The molecule has 1 saturated heterocycles. The minimum atomic E-state index is -1.48. The minimum absolute atomic E-state index is 0.00151. The lowest BCUT2D eigenvalue weighted by atomic mass is 9.80. The van der Waals surface area contributed by atoms with Crippen molar-refractivity contribution in [3.05, 3.63) is 23.3 Å². The summed E-state index contributed by atoms with van der Waals surface area (Å²) < 4.78 is 29.7. The molecule has 0 N–H and O–H groups in total. The van der Waals surface area contributed by atoms with Crippen LogP contribution in [0.15, 0.2) is 23.3 Å². The summed E-state index contributed by atoms with van der Waals surface area (Å²) >= 11 is 0. The summed E-state index contributed by atoms with van der Waals surface area (Å²) in [7, 11) is 1.53. The number of hydrogen-bond acceptors (Lipinski definition) is 10. The number of rotatable bonds is 6. The molecule has 0 bridgehead atoms. The van der Waals surface area contributed by atoms with Crippen molar-refractivity contribution in [2.24, 2.45) is 29.1 Å². The average molecular weight is 561 g/mol. The van der Waals surface area contributed by atoms with Crippen LogP contribution in [-0.4, -0.2) is 72.7 Å². The predicted octanol–water partition coefficient (Wildman–Crippen LogP) is 2.91. The van der Waals surface area contributed by atoms with E-state index in [2.05, 4.69) is 0 Å². The molecular weight excluding hydrogens is 520 g/mol. The molecule has 0 radical (unpaired) electrons.